The number of hydrogen-bond acceptors (Lipinski definition) is 4. The third-order valence-corrected chi connectivity index (χ3v) is 5.74. The minimum absolute atomic E-state index is 0.00962. The fraction of sp³-hybridized carbons (Fsp3) is 0.300. The molecule has 7 nitrogen and oxygen atoms in total. The molecule has 0 heterocycles. The van der Waals surface area contributed by atoms with Crippen LogP contribution in [0.4, 0.5) is 5.69 Å². The van der Waals surface area contributed by atoms with E-state index in [4.69, 9.17) is 0 Å². The molecule has 0 atom stereocenters. The average molecular weight is 404 g/mol. The standard InChI is InChI=1S/C20H25N3O4S/c1-13-9-14(2)19(15(3)10-13)22-18(24)12-23(5)20(25)16-7-6-8-17(11-16)28(26,27)21-4/h6-11,21H,12H2,1-5H3,(H,22,24). The molecule has 8 heteroatoms. The van der Waals surface area contributed by atoms with Crippen molar-refractivity contribution in [2.75, 3.05) is 26.0 Å². The molecule has 0 saturated carbocycles. The number of carbonyl (C=O) groups is 2. The Morgan fingerprint density at radius 3 is 2.21 bits per heavy atom. The van der Waals surface area contributed by atoms with Gasteiger partial charge in [0.2, 0.25) is 15.9 Å². The first kappa shape index (κ1) is 21.6. The Morgan fingerprint density at radius 2 is 1.64 bits per heavy atom. The van der Waals surface area contributed by atoms with E-state index in [2.05, 4.69) is 10.0 Å². The van der Waals surface area contributed by atoms with Crippen molar-refractivity contribution >= 4 is 27.5 Å². The van der Waals surface area contributed by atoms with Crippen molar-refractivity contribution in [1.29, 1.82) is 0 Å². The van der Waals surface area contributed by atoms with Gasteiger partial charge >= 0.3 is 0 Å². The van der Waals surface area contributed by atoms with Crippen LogP contribution in [0.25, 0.3) is 0 Å². The molecule has 0 saturated heterocycles. The third-order valence-electron chi connectivity index (χ3n) is 4.33. The maximum absolute atomic E-state index is 12.6. The van der Waals surface area contributed by atoms with Gasteiger partial charge in [0.1, 0.15) is 0 Å². The van der Waals surface area contributed by atoms with E-state index in [1.807, 2.05) is 32.9 Å². The molecule has 0 bridgehead atoms. The van der Waals surface area contributed by atoms with Gasteiger partial charge in [-0.2, -0.15) is 0 Å². The first-order valence-corrected chi connectivity index (χ1v) is 10.2. The lowest BCUT2D eigenvalue weighted by molar-refractivity contribution is -0.116. The fourth-order valence-corrected chi connectivity index (χ4v) is 3.75. The van der Waals surface area contributed by atoms with Crippen LogP contribution in [0.2, 0.25) is 0 Å². The van der Waals surface area contributed by atoms with Crippen molar-refractivity contribution in [3.05, 3.63) is 58.7 Å². The Hall–Kier alpha value is -2.71. The van der Waals surface area contributed by atoms with E-state index in [1.165, 1.54) is 43.3 Å². The zero-order valence-corrected chi connectivity index (χ0v) is 17.5. The van der Waals surface area contributed by atoms with Crippen LogP contribution >= 0.6 is 0 Å². The Kier molecular flexibility index (Phi) is 6.58. The third kappa shape index (κ3) is 4.96. The SMILES string of the molecule is CNS(=O)(=O)c1cccc(C(=O)N(C)CC(=O)Nc2c(C)cc(C)cc2C)c1. The van der Waals surface area contributed by atoms with E-state index in [-0.39, 0.29) is 22.9 Å². The second-order valence-corrected chi connectivity index (χ2v) is 8.61. The van der Waals surface area contributed by atoms with E-state index in [0.717, 1.165) is 22.4 Å². The Morgan fingerprint density at radius 1 is 1.04 bits per heavy atom. The van der Waals surface area contributed by atoms with Gasteiger partial charge in [0.15, 0.2) is 0 Å². The number of carbonyl (C=O) groups excluding carboxylic acids is 2. The lowest BCUT2D eigenvalue weighted by Crippen LogP contribution is -2.35. The summed E-state index contributed by atoms with van der Waals surface area (Å²) in [4.78, 5) is 26.3. The Bertz CT molecular complexity index is 993. The highest BCUT2D eigenvalue weighted by Crippen LogP contribution is 2.22. The van der Waals surface area contributed by atoms with Crippen molar-refractivity contribution in [1.82, 2.24) is 9.62 Å². The number of likely N-dealkylation sites (N-methyl/N-ethyl adjacent to an activating group) is 1. The molecule has 0 radical (unpaired) electrons. The molecular weight excluding hydrogens is 378 g/mol. The van der Waals surface area contributed by atoms with E-state index in [0.29, 0.717) is 0 Å². The highest BCUT2D eigenvalue weighted by atomic mass is 32.2. The Labute approximate surface area is 165 Å². The first-order valence-electron chi connectivity index (χ1n) is 8.72. The zero-order chi connectivity index (χ0) is 21.1. The first-order chi connectivity index (χ1) is 13.0. The molecule has 150 valence electrons. The summed E-state index contributed by atoms with van der Waals surface area (Å²) in [5, 5.41) is 2.85. The molecule has 28 heavy (non-hydrogen) atoms. The van der Waals surface area contributed by atoms with E-state index in [1.54, 1.807) is 0 Å². The monoisotopic (exact) mass is 403 g/mol. The zero-order valence-electron chi connectivity index (χ0n) is 16.7. The molecule has 0 aliphatic carbocycles. The lowest BCUT2D eigenvalue weighted by Gasteiger charge is -2.19. The number of nitrogens with zero attached hydrogens (tertiary/aromatic N) is 1. The van der Waals surface area contributed by atoms with Gasteiger partial charge < -0.3 is 10.2 Å². The lowest BCUT2D eigenvalue weighted by atomic mass is 10.1. The van der Waals surface area contributed by atoms with Gasteiger partial charge in [0.25, 0.3) is 5.91 Å². The molecule has 2 N–H and O–H groups in total. The number of aryl methyl sites for hydroxylation is 3. The van der Waals surface area contributed by atoms with Crippen LogP contribution in [-0.2, 0) is 14.8 Å². The average Bonchev–Trinajstić information content (AvgIpc) is 2.64. The van der Waals surface area contributed by atoms with Crippen molar-refractivity contribution in [2.24, 2.45) is 0 Å². The summed E-state index contributed by atoms with van der Waals surface area (Å²) >= 11 is 0. The van der Waals surface area contributed by atoms with Crippen molar-refractivity contribution < 1.29 is 18.0 Å². The largest absolute Gasteiger partial charge is 0.332 e. The molecule has 2 amide bonds. The predicted octanol–water partition coefficient (Wildman–Crippen LogP) is 2.23. The van der Waals surface area contributed by atoms with Gasteiger partial charge in [0, 0.05) is 18.3 Å². The number of anilines is 1. The summed E-state index contributed by atoms with van der Waals surface area (Å²) in [7, 11) is -0.860. The molecule has 0 spiro atoms. The molecule has 0 unspecified atom stereocenters. The summed E-state index contributed by atoms with van der Waals surface area (Å²) in [5.41, 5.74) is 3.93. The van der Waals surface area contributed by atoms with Crippen LogP contribution in [0.1, 0.15) is 27.0 Å². The minimum Gasteiger partial charge on any atom is -0.332 e. The van der Waals surface area contributed by atoms with Gasteiger partial charge in [-0.05, 0) is 57.1 Å². The molecular formula is C20H25N3O4S. The molecule has 0 aliphatic rings. The van der Waals surface area contributed by atoms with Crippen LogP contribution in [0, 0.1) is 20.8 Å². The number of hydrogen-bond donors (Lipinski definition) is 2. The van der Waals surface area contributed by atoms with Crippen LogP contribution in [0.15, 0.2) is 41.3 Å². The van der Waals surface area contributed by atoms with Crippen LogP contribution < -0.4 is 10.0 Å². The molecule has 0 aliphatic heterocycles. The highest BCUT2D eigenvalue weighted by molar-refractivity contribution is 7.89. The van der Waals surface area contributed by atoms with Crippen molar-refractivity contribution in [3.63, 3.8) is 0 Å². The van der Waals surface area contributed by atoms with E-state index in [9.17, 15) is 18.0 Å². The highest BCUT2D eigenvalue weighted by Gasteiger charge is 2.19. The fourth-order valence-electron chi connectivity index (χ4n) is 2.98. The van der Waals surface area contributed by atoms with E-state index < -0.39 is 15.9 Å². The molecule has 2 aromatic rings. The quantitative estimate of drug-likeness (QED) is 0.773. The molecule has 0 aromatic heterocycles. The summed E-state index contributed by atoms with van der Waals surface area (Å²) in [5.74, 6) is -0.773. The molecule has 2 aromatic carbocycles. The predicted molar refractivity (Wildman–Crippen MR) is 109 cm³/mol. The summed E-state index contributed by atoms with van der Waals surface area (Å²) in [6.07, 6.45) is 0. The molecule has 0 fully saturated rings. The van der Waals surface area contributed by atoms with Gasteiger partial charge in [-0.15, -0.1) is 0 Å². The number of nitrogens with one attached hydrogen (secondary N) is 2. The van der Waals surface area contributed by atoms with Crippen LogP contribution in [0.5, 0.6) is 0 Å². The van der Waals surface area contributed by atoms with Crippen LogP contribution in [0.3, 0.4) is 0 Å². The van der Waals surface area contributed by atoms with Gasteiger partial charge in [-0.3, -0.25) is 9.59 Å². The Balaban J connectivity index is 2.13. The second kappa shape index (κ2) is 8.53. The van der Waals surface area contributed by atoms with Gasteiger partial charge in [0.05, 0.1) is 11.4 Å². The summed E-state index contributed by atoms with van der Waals surface area (Å²) in [6, 6.07) is 9.65. The normalized spacial score (nSPS) is 11.2. The second-order valence-electron chi connectivity index (χ2n) is 6.72. The smallest absolute Gasteiger partial charge is 0.254 e. The van der Waals surface area contributed by atoms with Crippen LogP contribution in [-0.4, -0.2) is 45.8 Å². The van der Waals surface area contributed by atoms with Crippen molar-refractivity contribution in [2.45, 2.75) is 25.7 Å². The van der Waals surface area contributed by atoms with Crippen molar-refractivity contribution in [3.8, 4) is 0 Å². The summed E-state index contributed by atoms with van der Waals surface area (Å²) < 4.78 is 26.0. The molecule has 2 rings (SSSR count). The number of sulfonamides is 1. The minimum atomic E-state index is -3.66. The number of rotatable bonds is 6. The van der Waals surface area contributed by atoms with E-state index >= 15 is 0 Å². The maximum atomic E-state index is 12.6. The number of amides is 2. The van der Waals surface area contributed by atoms with Gasteiger partial charge in [-0.1, -0.05) is 23.8 Å². The summed E-state index contributed by atoms with van der Waals surface area (Å²) in [6.45, 7) is 5.66. The maximum Gasteiger partial charge on any atom is 0.254 e. The number of benzene rings is 2. The van der Waals surface area contributed by atoms with Gasteiger partial charge in [-0.25, -0.2) is 13.1 Å². The topological polar surface area (TPSA) is 95.6 Å².